The summed E-state index contributed by atoms with van der Waals surface area (Å²) in [5.41, 5.74) is 17.9. The minimum absolute atomic E-state index is 0.228. The van der Waals surface area contributed by atoms with Crippen LogP contribution in [0.4, 0.5) is 17.1 Å². The second-order valence-corrected chi connectivity index (χ2v) is 9.20. The first-order valence-corrected chi connectivity index (χ1v) is 11.4. The number of nitrogen functional groups attached to an aromatic ring is 2. The SMILES string of the molecule is COc1cc(N2CC3(CCCN3C)C2)c(N)c(-c2nccc(-c3noc4ccccc34)n2)c1N. The highest BCUT2D eigenvalue weighted by Crippen LogP contribution is 2.47. The number of ether oxygens (including phenoxy) is 1. The molecule has 0 saturated carbocycles. The molecule has 4 N–H and O–H groups in total. The maximum atomic E-state index is 6.73. The van der Waals surface area contributed by atoms with E-state index < -0.39 is 0 Å². The zero-order valence-electron chi connectivity index (χ0n) is 19.3. The summed E-state index contributed by atoms with van der Waals surface area (Å²) < 4.78 is 11.1. The lowest BCUT2D eigenvalue weighted by Gasteiger charge is -2.53. The second-order valence-electron chi connectivity index (χ2n) is 9.20. The lowest BCUT2D eigenvalue weighted by Crippen LogP contribution is -2.67. The van der Waals surface area contributed by atoms with Crippen LogP contribution in [0.1, 0.15) is 12.8 Å². The van der Waals surface area contributed by atoms with Crippen LogP contribution in [-0.2, 0) is 0 Å². The van der Waals surface area contributed by atoms with Gasteiger partial charge in [0.1, 0.15) is 11.4 Å². The smallest absolute Gasteiger partial charge is 0.167 e. The number of hydrogen-bond acceptors (Lipinski definition) is 9. The number of methoxy groups -OCH3 is 1. The van der Waals surface area contributed by atoms with Gasteiger partial charge >= 0.3 is 0 Å². The molecule has 0 atom stereocenters. The normalized spacial score (nSPS) is 17.4. The highest BCUT2D eigenvalue weighted by molar-refractivity contribution is 5.96. The van der Waals surface area contributed by atoms with E-state index in [9.17, 15) is 0 Å². The Morgan fingerprint density at radius 3 is 2.71 bits per heavy atom. The molecule has 2 aromatic heterocycles. The van der Waals surface area contributed by atoms with Gasteiger partial charge in [-0.2, -0.15) is 0 Å². The van der Waals surface area contributed by atoms with Gasteiger partial charge < -0.3 is 25.6 Å². The van der Waals surface area contributed by atoms with Gasteiger partial charge in [-0.15, -0.1) is 0 Å². The summed E-state index contributed by atoms with van der Waals surface area (Å²) in [4.78, 5) is 14.0. The van der Waals surface area contributed by atoms with Crippen molar-refractivity contribution in [3.05, 3.63) is 42.6 Å². The van der Waals surface area contributed by atoms with E-state index in [1.54, 1.807) is 19.4 Å². The van der Waals surface area contributed by atoms with Crippen molar-refractivity contribution in [1.82, 2.24) is 20.0 Å². The number of fused-ring (bicyclic) bond motifs is 1. The standard InChI is InChI=1S/C25H27N7O2/c1-31-11-5-9-25(31)13-32(14-25)17-12-19(33-2)22(27)20(21(17)26)24-28-10-8-16(29-24)23-15-6-3-4-7-18(15)34-30-23/h3-4,6-8,10,12H,5,9,11,13-14,26-27H2,1-2H3. The Bertz CT molecular complexity index is 1390. The molecule has 0 bridgehead atoms. The summed E-state index contributed by atoms with van der Waals surface area (Å²) in [7, 11) is 3.81. The summed E-state index contributed by atoms with van der Waals surface area (Å²) in [6.07, 6.45) is 4.12. The number of likely N-dealkylation sites (tertiary alicyclic amines) is 1. The zero-order valence-corrected chi connectivity index (χ0v) is 19.3. The van der Waals surface area contributed by atoms with E-state index in [2.05, 4.69) is 27.0 Å². The van der Waals surface area contributed by atoms with Crippen molar-refractivity contribution in [2.24, 2.45) is 0 Å². The van der Waals surface area contributed by atoms with Crippen LogP contribution in [-0.4, -0.2) is 59.4 Å². The molecule has 34 heavy (non-hydrogen) atoms. The number of aromatic nitrogens is 3. The molecule has 4 aromatic rings. The van der Waals surface area contributed by atoms with E-state index in [4.69, 9.17) is 25.7 Å². The number of nitrogens with two attached hydrogens (primary N) is 2. The van der Waals surface area contributed by atoms with Crippen LogP contribution in [0.5, 0.6) is 5.75 Å². The van der Waals surface area contributed by atoms with Crippen molar-refractivity contribution in [2.75, 3.05) is 50.2 Å². The highest BCUT2D eigenvalue weighted by atomic mass is 16.5. The molecule has 0 unspecified atom stereocenters. The molecule has 6 rings (SSSR count). The Hall–Kier alpha value is -3.85. The molecule has 1 spiro atoms. The van der Waals surface area contributed by atoms with E-state index in [0.717, 1.165) is 30.7 Å². The number of benzene rings is 2. The number of rotatable bonds is 4. The molecule has 0 radical (unpaired) electrons. The Balaban J connectivity index is 1.43. The predicted octanol–water partition coefficient (Wildman–Crippen LogP) is 3.41. The minimum Gasteiger partial charge on any atom is -0.494 e. The number of para-hydroxylation sites is 1. The first kappa shape index (κ1) is 20.7. The molecule has 174 valence electrons. The van der Waals surface area contributed by atoms with E-state index in [1.807, 2.05) is 30.3 Å². The number of hydrogen-bond donors (Lipinski definition) is 2. The molecular formula is C25H27N7O2. The van der Waals surface area contributed by atoms with Crippen LogP contribution in [0, 0.1) is 0 Å². The maximum absolute atomic E-state index is 6.73. The molecule has 9 heteroatoms. The molecule has 2 aliphatic rings. The summed E-state index contributed by atoms with van der Waals surface area (Å²) in [6.45, 7) is 2.98. The van der Waals surface area contributed by atoms with Crippen molar-refractivity contribution >= 4 is 28.0 Å². The lowest BCUT2D eigenvalue weighted by molar-refractivity contribution is 0.133. The number of nitrogens with zero attached hydrogens (tertiary/aromatic N) is 5. The van der Waals surface area contributed by atoms with Gasteiger partial charge in [-0.25, -0.2) is 9.97 Å². The first-order chi connectivity index (χ1) is 16.5. The van der Waals surface area contributed by atoms with Crippen molar-refractivity contribution in [3.63, 3.8) is 0 Å². The van der Waals surface area contributed by atoms with Crippen LogP contribution >= 0.6 is 0 Å². The average molecular weight is 458 g/mol. The molecule has 2 fully saturated rings. The predicted molar refractivity (Wildman–Crippen MR) is 133 cm³/mol. The van der Waals surface area contributed by atoms with Crippen LogP contribution in [0.25, 0.3) is 33.7 Å². The molecule has 9 nitrogen and oxygen atoms in total. The minimum atomic E-state index is 0.228. The number of likely N-dealkylation sites (N-methyl/N-ethyl adjacent to an activating group) is 1. The molecule has 0 amide bonds. The van der Waals surface area contributed by atoms with Crippen LogP contribution in [0.15, 0.2) is 47.1 Å². The monoisotopic (exact) mass is 457 g/mol. The van der Waals surface area contributed by atoms with Gasteiger partial charge in [-0.05, 0) is 44.6 Å². The molecular weight excluding hydrogens is 430 g/mol. The van der Waals surface area contributed by atoms with E-state index >= 15 is 0 Å². The van der Waals surface area contributed by atoms with Gasteiger partial charge in [0.05, 0.1) is 46.4 Å². The fourth-order valence-corrected chi connectivity index (χ4v) is 5.34. The highest BCUT2D eigenvalue weighted by Gasteiger charge is 2.49. The topological polar surface area (TPSA) is 120 Å². The van der Waals surface area contributed by atoms with Gasteiger partial charge in [0.25, 0.3) is 0 Å². The summed E-state index contributed by atoms with van der Waals surface area (Å²) >= 11 is 0. The third-order valence-electron chi connectivity index (χ3n) is 7.32. The summed E-state index contributed by atoms with van der Waals surface area (Å²) in [5.74, 6) is 0.980. The largest absolute Gasteiger partial charge is 0.494 e. The third kappa shape index (κ3) is 3.00. The summed E-state index contributed by atoms with van der Waals surface area (Å²) in [6, 6.07) is 11.4. The van der Waals surface area contributed by atoms with Gasteiger partial charge in [-0.1, -0.05) is 17.3 Å². The molecule has 2 aromatic carbocycles. The number of anilines is 3. The fourth-order valence-electron chi connectivity index (χ4n) is 5.34. The quantitative estimate of drug-likeness (QED) is 0.444. The van der Waals surface area contributed by atoms with E-state index in [1.165, 1.54) is 12.8 Å². The third-order valence-corrected chi connectivity index (χ3v) is 7.32. The Morgan fingerprint density at radius 1 is 1.12 bits per heavy atom. The Labute approximate surface area is 197 Å². The molecule has 4 heterocycles. The molecule has 2 aliphatic heterocycles. The average Bonchev–Trinajstić information content (AvgIpc) is 3.43. The maximum Gasteiger partial charge on any atom is 0.167 e. The van der Waals surface area contributed by atoms with Crippen LogP contribution in [0.2, 0.25) is 0 Å². The van der Waals surface area contributed by atoms with E-state index in [-0.39, 0.29) is 5.54 Å². The summed E-state index contributed by atoms with van der Waals surface area (Å²) in [5, 5.41) is 5.11. The van der Waals surface area contributed by atoms with Crippen molar-refractivity contribution in [2.45, 2.75) is 18.4 Å². The van der Waals surface area contributed by atoms with E-state index in [0.29, 0.717) is 45.5 Å². The van der Waals surface area contributed by atoms with Crippen molar-refractivity contribution < 1.29 is 9.26 Å². The van der Waals surface area contributed by atoms with Crippen molar-refractivity contribution in [3.8, 4) is 28.5 Å². The van der Waals surface area contributed by atoms with Crippen LogP contribution in [0.3, 0.4) is 0 Å². The Kier molecular flexibility index (Phi) is 4.63. The van der Waals surface area contributed by atoms with Gasteiger partial charge in [0.15, 0.2) is 11.4 Å². The fraction of sp³-hybridized carbons (Fsp3) is 0.320. The molecule has 2 saturated heterocycles. The Morgan fingerprint density at radius 2 is 1.94 bits per heavy atom. The molecule has 0 aliphatic carbocycles. The zero-order chi connectivity index (χ0) is 23.4. The lowest BCUT2D eigenvalue weighted by atomic mass is 9.86. The van der Waals surface area contributed by atoms with Gasteiger partial charge in [0, 0.05) is 25.4 Å². The van der Waals surface area contributed by atoms with Gasteiger partial charge in [0.2, 0.25) is 0 Å². The van der Waals surface area contributed by atoms with Crippen LogP contribution < -0.4 is 21.1 Å². The second kappa shape index (κ2) is 7.59. The van der Waals surface area contributed by atoms with Gasteiger partial charge in [-0.3, -0.25) is 4.90 Å². The van der Waals surface area contributed by atoms with Crippen molar-refractivity contribution in [1.29, 1.82) is 0 Å². The first-order valence-electron chi connectivity index (χ1n) is 11.4.